The second-order valence-corrected chi connectivity index (χ2v) is 7.32. The van der Waals surface area contributed by atoms with Gasteiger partial charge in [-0.3, -0.25) is 10.1 Å². The molecule has 0 spiro atoms. The summed E-state index contributed by atoms with van der Waals surface area (Å²) in [4.78, 5) is 10.4. The first-order valence-electron chi connectivity index (χ1n) is 5.12. The van der Waals surface area contributed by atoms with Crippen molar-refractivity contribution in [2.75, 3.05) is 0 Å². The molecule has 1 rings (SSSR count). The molecular weight excluding hydrogens is 320 g/mol. The highest BCUT2D eigenvalue weighted by atomic mass is 79.9. The number of nitrogens with zero attached hydrogens (tertiary/aromatic N) is 2. The van der Waals surface area contributed by atoms with E-state index in [2.05, 4.69) is 20.3 Å². The summed E-state index contributed by atoms with van der Waals surface area (Å²) in [5.74, 6) is 0. The van der Waals surface area contributed by atoms with Crippen LogP contribution in [0.5, 0.6) is 0 Å². The average Bonchev–Trinajstić information content (AvgIpc) is 2.23. The first kappa shape index (κ1) is 15.0. The smallest absolute Gasteiger partial charge is 0.258 e. The lowest BCUT2D eigenvalue weighted by Gasteiger charge is -2.12. The maximum Gasteiger partial charge on any atom is 0.292 e. The lowest BCUT2D eigenvalue weighted by Crippen LogP contribution is -2.19. The molecule has 0 saturated carbocycles. The van der Waals surface area contributed by atoms with Gasteiger partial charge in [-0.05, 0) is 48.8 Å². The van der Waals surface area contributed by atoms with Gasteiger partial charge in [-0.1, -0.05) is 6.07 Å². The Kier molecular flexibility index (Phi) is 4.75. The molecule has 1 aromatic rings. The molecule has 7 heteroatoms. The molecule has 0 unspecified atom stereocenters. The molecule has 1 aromatic carbocycles. The Bertz CT molecular complexity index is 524. The summed E-state index contributed by atoms with van der Waals surface area (Å²) < 4.78 is 15.5. The second-order valence-electron chi connectivity index (χ2n) is 4.53. The third kappa shape index (κ3) is 3.71. The van der Waals surface area contributed by atoms with Crippen LogP contribution in [-0.2, 0) is 11.0 Å². The topological polar surface area (TPSA) is 72.6 Å². The van der Waals surface area contributed by atoms with Crippen LogP contribution in [0.15, 0.2) is 27.1 Å². The zero-order chi connectivity index (χ0) is 13.9. The van der Waals surface area contributed by atoms with E-state index in [0.717, 1.165) is 0 Å². The normalized spacial score (nSPS) is 13.8. The minimum Gasteiger partial charge on any atom is -0.258 e. The van der Waals surface area contributed by atoms with E-state index < -0.39 is 20.7 Å². The van der Waals surface area contributed by atoms with Crippen molar-refractivity contribution < 1.29 is 9.13 Å². The number of rotatable bonds is 3. The Labute approximate surface area is 116 Å². The average molecular weight is 333 g/mol. The molecule has 0 aliphatic carbocycles. The van der Waals surface area contributed by atoms with Gasteiger partial charge in [0.15, 0.2) is 0 Å². The van der Waals surface area contributed by atoms with Crippen molar-refractivity contribution in [1.29, 1.82) is 0 Å². The summed E-state index contributed by atoms with van der Waals surface area (Å²) in [7, 11) is -1.43. The van der Waals surface area contributed by atoms with Gasteiger partial charge >= 0.3 is 0 Å². The fraction of sp³-hybridized carbons (Fsp3) is 0.364. The van der Waals surface area contributed by atoms with Gasteiger partial charge in [0.05, 0.1) is 25.9 Å². The van der Waals surface area contributed by atoms with Crippen molar-refractivity contribution in [3.63, 3.8) is 0 Å². The number of hydrogen-bond donors (Lipinski definition) is 0. The highest BCUT2D eigenvalue weighted by Gasteiger charge is 2.20. The maximum absolute atomic E-state index is 11.7. The lowest BCUT2D eigenvalue weighted by atomic mass is 10.2. The van der Waals surface area contributed by atoms with Crippen LogP contribution in [0, 0.1) is 10.1 Å². The van der Waals surface area contributed by atoms with E-state index in [1.165, 1.54) is 6.21 Å². The van der Waals surface area contributed by atoms with E-state index in [1.54, 1.807) is 39.0 Å². The molecule has 0 bridgehead atoms. The summed E-state index contributed by atoms with van der Waals surface area (Å²) >= 11 is 3.12. The predicted octanol–water partition coefficient (Wildman–Crippen LogP) is 3.24. The zero-order valence-electron chi connectivity index (χ0n) is 10.2. The SMILES string of the molecule is CC(C)(C)[S@](=O)/N=C/c1cccc(Br)c1[N+](=O)[O-]. The molecule has 0 N–H and O–H groups in total. The van der Waals surface area contributed by atoms with Gasteiger partial charge in [0.25, 0.3) is 5.69 Å². The third-order valence-corrected chi connectivity index (χ3v) is 4.00. The Morgan fingerprint density at radius 3 is 2.56 bits per heavy atom. The molecule has 0 aliphatic rings. The zero-order valence-corrected chi connectivity index (χ0v) is 12.6. The molecule has 0 amide bonds. The number of halogens is 1. The van der Waals surface area contributed by atoms with E-state index in [4.69, 9.17) is 0 Å². The van der Waals surface area contributed by atoms with Gasteiger partial charge in [-0.15, -0.1) is 0 Å². The van der Waals surface area contributed by atoms with Crippen LogP contribution in [-0.4, -0.2) is 20.1 Å². The molecule has 0 radical (unpaired) electrons. The highest BCUT2D eigenvalue weighted by molar-refractivity contribution is 9.10. The van der Waals surface area contributed by atoms with Gasteiger partial charge in [-0.25, -0.2) is 4.21 Å². The number of benzene rings is 1. The summed E-state index contributed by atoms with van der Waals surface area (Å²) in [6.07, 6.45) is 1.28. The van der Waals surface area contributed by atoms with Crippen molar-refractivity contribution in [3.8, 4) is 0 Å². The van der Waals surface area contributed by atoms with E-state index >= 15 is 0 Å². The number of nitro groups is 1. The van der Waals surface area contributed by atoms with Gasteiger partial charge in [-0.2, -0.15) is 4.40 Å². The molecule has 0 aliphatic heterocycles. The lowest BCUT2D eigenvalue weighted by molar-refractivity contribution is -0.385. The predicted molar refractivity (Wildman–Crippen MR) is 76.3 cm³/mol. The van der Waals surface area contributed by atoms with E-state index in [9.17, 15) is 14.3 Å². The first-order chi connectivity index (χ1) is 8.23. The van der Waals surface area contributed by atoms with E-state index in [0.29, 0.717) is 10.0 Å². The Morgan fingerprint density at radius 2 is 2.06 bits per heavy atom. The fourth-order valence-corrected chi connectivity index (χ4v) is 2.14. The minimum absolute atomic E-state index is 0.0767. The molecule has 0 saturated heterocycles. The molecule has 0 aromatic heterocycles. The number of hydrogen-bond acceptors (Lipinski definition) is 3. The monoisotopic (exact) mass is 332 g/mol. The Balaban J connectivity index is 3.13. The van der Waals surface area contributed by atoms with Crippen LogP contribution in [0.1, 0.15) is 26.3 Å². The molecular formula is C11H13BrN2O3S. The molecule has 98 valence electrons. The molecule has 18 heavy (non-hydrogen) atoms. The van der Waals surface area contributed by atoms with Gasteiger partial charge in [0.1, 0.15) is 11.0 Å². The van der Waals surface area contributed by atoms with E-state index in [1.807, 2.05) is 0 Å². The quantitative estimate of drug-likeness (QED) is 0.484. The molecule has 5 nitrogen and oxygen atoms in total. The van der Waals surface area contributed by atoms with Crippen LogP contribution >= 0.6 is 15.9 Å². The van der Waals surface area contributed by atoms with Crippen LogP contribution in [0.4, 0.5) is 5.69 Å². The van der Waals surface area contributed by atoms with Crippen LogP contribution in [0.3, 0.4) is 0 Å². The van der Waals surface area contributed by atoms with Gasteiger partial charge in [0.2, 0.25) is 0 Å². The summed E-state index contributed by atoms with van der Waals surface area (Å²) in [5.41, 5.74) is 0.249. The second kappa shape index (κ2) is 5.71. The van der Waals surface area contributed by atoms with Crippen molar-refractivity contribution in [2.24, 2.45) is 4.40 Å². The molecule has 1 atom stereocenters. The first-order valence-corrected chi connectivity index (χ1v) is 7.02. The summed E-state index contributed by atoms with van der Waals surface area (Å²) in [6, 6.07) is 4.81. The van der Waals surface area contributed by atoms with Gasteiger partial charge in [0, 0.05) is 0 Å². The van der Waals surface area contributed by atoms with E-state index in [-0.39, 0.29) is 5.69 Å². The minimum atomic E-state index is -1.43. The van der Waals surface area contributed by atoms with Crippen LogP contribution < -0.4 is 0 Å². The van der Waals surface area contributed by atoms with Crippen LogP contribution in [0.25, 0.3) is 0 Å². The molecule has 0 heterocycles. The van der Waals surface area contributed by atoms with Crippen molar-refractivity contribution in [3.05, 3.63) is 38.3 Å². The fourth-order valence-electron chi connectivity index (χ4n) is 1.09. The summed E-state index contributed by atoms with van der Waals surface area (Å²) in [5, 5.41) is 10.9. The van der Waals surface area contributed by atoms with Crippen LogP contribution in [0.2, 0.25) is 0 Å². The highest BCUT2D eigenvalue weighted by Crippen LogP contribution is 2.27. The number of nitro benzene ring substituents is 1. The third-order valence-electron chi connectivity index (χ3n) is 2.01. The Hall–Kier alpha value is -1.08. The largest absolute Gasteiger partial charge is 0.292 e. The van der Waals surface area contributed by atoms with Crippen molar-refractivity contribution in [2.45, 2.75) is 25.5 Å². The van der Waals surface area contributed by atoms with Crippen molar-refractivity contribution in [1.82, 2.24) is 0 Å². The van der Waals surface area contributed by atoms with Gasteiger partial charge < -0.3 is 0 Å². The summed E-state index contributed by atoms with van der Waals surface area (Å²) in [6.45, 7) is 5.36. The molecule has 0 fully saturated rings. The van der Waals surface area contributed by atoms with Crippen molar-refractivity contribution >= 4 is 38.8 Å². The maximum atomic E-state index is 11.7. The Morgan fingerprint density at radius 1 is 1.44 bits per heavy atom. The number of para-hydroxylation sites is 1. The standard InChI is InChI=1S/C11H13BrN2O3S/c1-11(2,3)18(17)13-7-8-5-4-6-9(12)10(8)14(15)16/h4-7H,1-3H3/b13-7+/t18-/m0/s1.